The molecule has 2 unspecified atom stereocenters. The average Bonchev–Trinajstić information content (AvgIpc) is 4.04. The Morgan fingerprint density at radius 3 is 1.44 bits per heavy atom. The van der Waals surface area contributed by atoms with Gasteiger partial charge in [0.25, 0.3) is 11.8 Å². The largest absolute Gasteiger partial charge is 0.508 e. The maximum absolute atomic E-state index is 12.7. The van der Waals surface area contributed by atoms with Crippen LogP contribution in [0.15, 0.2) is 84.9 Å². The average molecular weight is 984 g/mol. The van der Waals surface area contributed by atoms with Crippen LogP contribution in [0.2, 0.25) is 20.1 Å². The van der Waals surface area contributed by atoms with E-state index in [-0.39, 0.29) is 42.9 Å². The van der Waals surface area contributed by atoms with Crippen LogP contribution >= 0.6 is 46.4 Å². The zero-order valence-electron chi connectivity index (χ0n) is 37.2. The van der Waals surface area contributed by atoms with Gasteiger partial charge in [0.1, 0.15) is 11.5 Å². The number of benzene rings is 4. The monoisotopic (exact) mass is 981 g/mol. The van der Waals surface area contributed by atoms with Crippen LogP contribution in [-0.2, 0) is 9.59 Å². The summed E-state index contributed by atoms with van der Waals surface area (Å²) in [6.45, 7) is 6.70. The molecule has 2 atom stereocenters. The molecule has 4 aliphatic rings. The zero-order valence-corrected chi connectivity index (χ0v) is 40.2. The number of halogens is 4. The summed E-state index contributed by atoms with van der Waals surface area (Å²) < 4.78 is 5.54. The Hall–Kier alpha value is -4.60. The summed E-state index contributed by atoms with van der Waals surface area (Å²) in [4.78, 5) is 58.6. The number of rotatable bonds is 11. The number of nitrogens with zero attached hydrogens (tertiary/aromatic N) is 4. The Labute approximate surface area is 407 Å². The quantitative estimate of drug-likeness (QED) is 0.116. The molecule has 4 saturated heterocycles. The van der Waals surface area contributed by atoms with Crippen molar-refractivity contribution in [3.8, 4) is 11.5 Å². The Bertz CT molecular complexity index is 2320. The number of para-hydroxylation sites is 2. The number of carbonyl (C=O) groups excluding carboxylic acids is 4. The molecule has 4 aliphatic heterocycles. The third-order valence-corrected chi connectivity index (χ3v) is 14.7. The number of hydrogen-bond acceptors (Lipinski definition) is 9. The molecule has 4 heterocycles. The number of ether oxygens (including phenoxy) is 1. The van der Waals surface area contributed by atoms with E-state index in [0.717, 1.165) is 82.6 Å². The van der Waals surface area contributed by atoms with Gasteiger partial charge in [0.2, 0.25) is 11.8 Å². The predicted octanol–water partition coefficient (Wildman–Crippen LogP) is 8.28. The minimum absolute atomic E-state index is 0. The van der Waals surface area contributed by atoms with Crippen molar-refractivity contribution in [2.24, 2.45) is 0 Å². The van der Waals surface area contributed by atoms with Gasteiger partial charge in [-0.1, -0.05) is 82.8 Å². The first-order valence-electron chi connectivity index (χ1n) is 22.3. The molecule has 4 fully saturated rings. The predicted molar refractivity (Wildman–Crippen MR) is 261 cm³/mol. The summed E-state index contributed by atoms with van der Waals surface area (Å²) in [6, 6.07) is 25.9. The van der Waals surface area contributed by atoms with Gasteiger partial charge >= 0.3 is 0 Å². The molecule has 66 heavy (non-hydrogen) atoms. The van der Waals surface area contributed by atoms with E-state index in [2.05, 4.69) is 32.6 Å². The Morgan fingerprint density at radius 2 is 1.00 bits per heavy atom. The molecule has 0 spiro atoms. The second-order valence-electron chi connectivity index (χ2n) is 17.1. The molecule has 17 heteroatoms. The van der Waals surface area contributed by atoms with Gasteiger partial charge in [-0.3, -0.25) is 29.0 Å². The maximum atomic E-state index is 12.7. The van der Waals surface area contributed by atoms with Crippen LogP contribution in [0.5, 0.6) is 11.5 Å². The number of phenols is 1. The highest BCUT2D eigenvalue weighted by Crippen LogP contribution is 2.36. The highest BCUT2D eigenvalue weighted by Gasteiger charge is 2.35. The summed E-state index contributed by atoms with van der Waals surface area (Å²) in [5.41, 5.74) is 3.09. The first-order valence-corrected chi connectivity index (χ1v) is 23.8. The second-order valence-corrected chi connectivity index (χ2v) is 18.7. The van der Waals surface area contributed by atoms with Crippen LogP contribution in [0.3, 0.4) is 0 Å². The molecule has 13 nitrogen and oxygen atoms in total. The minimum Gasteiger partial charge on any atom is -0.508 e. The smallest absolute Gasteiger partial charge is 0.251 e. The standard InChI is InChI=1S/C25H29Cl2N3O3.C24H27Cl2N3O3.H3N/c1-33-23-5-3-2-4-20(23)17-8-11-29(12-9-17)19-10-13-30(16-19)24(31)15-28-25(32)18-6-7-21(26)22(27)14-18;25-20-6-5-17(13-21(20)26)24(32)27-14-23(31)29-12-9-18(15-29)28-10-7-16(8-11-28)19-3-1-2-4-22(19)30;/h2-7,14,17,19H,8-13,15-16H2,1H3,(H,28,32);1-6,13,16,18,30H,7-12,14-15H2,(H,27,32);1H3. The van der Waals surface area contributed by atoms with Crippen molar-refractivity contribution in [1.29, 1.82) is 0 Å². The number of carbonyl (C=O) groups is 4. The van der Waals surface area contributed by atoms with E-state index < -0.39 is 0 Å². The summed E-state index contributed by atoms with van der Waals surface area (Å²) >= 11 is 23.7. The molecule has 4 aromatic rings. The second kappa shape index (κ2) is 23.9. The topological polar surface area (TPSA) is 170 Å². The van der Waals surface area contributed by atoms with E-state index in [1.165, 1.54) is 17.7 Å². The maximum Gasteiger partial charge on any atom is 0.251 e. The highest BCUT2D eigenvalue weighted by molar-refractivity contribution is 6.42. The number of phenolic OH excluding ortho intramolecular Hbond substituents is 1. The molecule has 0 saturated carbocycles. The van der Waals surface area contributed by atoms with Crippen molar-refractivity contribution in [1.82, 2.24) is 36.4 Å². The first kappa shape index (κ1) is 50.8. The third kappa shape index (κ3) is 12.9. The van der Waals surface area contributed by atoms with Crippen LogP contribution in [0, 0.1) is 0 Å². The molecule has 8 rings (SSSR count). The highest BCUT2D eigenvalue weighted by atomic mass is 35.5. The number of amides is 4. The lowest BCUT2D eigenvalue weighted by Crippen LogP contribution is -2.44. The van der Waals surface area contributed by atoms with Crippen molar-refractivity contribution in [3.63, 3.8) is 0 Å². The number of likely N-dealkylation sites (tertiary alicyclic amines) is 4. The molecule has 0 aromatic heterocycles. The fourth-order valence-corrected chi connectivity index (χ4v) is 10.1. The van der Waals surface area contributed by atoms with E-state index in [1.807, 2.05) is 40.1 Å². The number of nitrogens with one attached hydrogen (secondary N) is 2. The summed E-state index contributed by atoms with van der Waals surface area (Å²) in [5, 5.41) is 16.9. The molecule has 6 N–H and O–H groups in total. The van der Waals surface area contributed by atoms with Crippen molar-refractivity contribution in [2.45, 2.75) is 62.4 Å². The lowest BCUT2D eigenvalue weighted by Gasteiger charge is -2.36. The summed E-state index contributed by atoms with van der Waals surface area (Å²) in [5.74, 6) is 1.41. The Kier molecular flexibility index (Phi) is 18.4. The Balaban J connectivity index is 0.000000215. The SMILES string of the molecule is COc1ccccc1C1CCN(C2CCN(C(=O)CNC(=O)c3ccc(Cl)c(Cl)c3)C2)CC1.N.O=C(NCC(=O)N1CCC(N2CCC(c3ccccc3O)CC2)C1)c1ccc(Cl)c(Cl)c1. The third-order valence-electron chi connectivity index (χ3n) is 13.2. The van der Waals surface area contributed by atoms with Gasteiger partial charge in [-0.2, -0.15) is 0 Å². The van der Waals surface area contributed by atoms with Crippen LogP contribution in [0.4, 0.5) is 0 Å². The molecule has 354 valence electrons. The molecule has 4 aromatic carbocycles. The fraction of sp³-hybridized carbons (Fsp3) is 0.429. The van der Waals surface area contributed by atoms with E-state index >= 15 is 0 Å². The molecule has 0 aliphatic carbocycles. The van der Waals surface area contributed by atoms with Crippen molar-refractivity contribution >= 4 is 70.0 Å². The van der Waals surface area contributed by atoms with Crippen LogP contribution < -0.4 is 21.5 Å². The Morgan fingerprint density at radius 1 is 0.576 bits per heavy atom. The van der Waals surface area contributed by atoms with Gasteiger partial charge in [0, 0.05) is 49.4 Å². The van der Waals surface area contributed by atoms with E-state index in [1.54, 1.807) is 37.4 Å². The van der Waals surface area contributed by atoms with Crippen molar-refractivity contribution in [3.05, 3.63) is 127 Å². The van der Waals surface area contributed by atoms with Gasteiger partial charge in [0.15, 0.2) is 0 Å². The number of piperidine rings is 2. The van der Waals surface area contributed by atoms with Crippen LogP contribution in [0.1, 0.15) is 82.2 Å². The molecule has 0 bridgehead atoms. The number of methoxy groups -OCH3 is 1. The van der Waals surface area contributed by atoms with Gasteiger partial charge in [-0.15, -0.1) is 0 Å². The van der Waals surface area contributed by atoms with E-state index in [0.29, 0.717) is 80.5 Å². The fourth-order valence-electron chi connectivity index (χ4n) is 9.53. The lowest BCUT2D eigenvalue weighted by atomic mass is 9.88. The van der Waals surface area contributed by atoms with Gasteiger partial charge in [-0.25, -0.2) is 0 Å². The molecule has 4 amide bonds. The van der Waals surface area contributed by atoms with Crippen molar-refractivity contribution < 1.29 is 29.0 Å². The number of hydrogen-bond donors (Lipinski definition) is 4. The van der Waals surface area contributed by atoms with E-state index in [9.17, 15) is 24.3 Å². The van der Waals surface area contributed by atoms with Crippen molar-refractivity contribution in [2.75, 3.05) is 72.6 Å². The zero-order chi connectivity index (χ0) is 46.0. The summed E-state index contributed by atoms with van der Waals surface area (Å²) in [6.07, 6.45) is 6.08. The van der Waals surface area contributed by atoms with E-state index in [4.69, 9.17) is 51.1 Å². The summed E-state index contributed by atoms with van der Waals surface area (Å²) in [7, 11) is 1.73. The minimum atomic E-state index is -0.348. The molecular formula is C49H59Cl4N7O6. The van der Waals surface area contributed by atoms with Gasteiger partial charge in [-0.05, 0) is 136 Å². The first-order chi connectivity index (χ1) is 31.4. The normalized spacial score (nSPS) is 19.3. The van der Waals surface area contributed by atoms with Gasteiger partial charge in [0.05, 0.1) is 40.3 Å². The van der Waals surface area contributed by atoms with Crippen LogP contribution in [-0.4, -0.2) is 133 Å². The lowest BCUT2D eigenvalue weighted by molar-refractivity contribution is -0.130. The van der Waals surface area contributed by atoms with Gasteiger partial charge < -0.3 is 36.4 Å². The van der Waals surface area contributed by atoms with Crippen LogP contribution in [0.25, 0.3) is 0 Å². The number of aromatic hydroxyl groups is 1. The molecular weight excluding hydrogens is 924 g/mol. The molecule has 0 radical (unpaired) electrons.